The predicted molar refractivity (Wildman–Crippen MR) is 88.9 cm³/mol. The lowest BCUT2D eigenvalue weighted by atomic mass is 9.54. The van der Waals surface area contributed by atoms with Crippen molar-refractivity contribution in [3.63, 3.8) is 0 Å². The highest BCUT2D eigenvalue weighted by Gasteiger charge is 2.62. The molecule has 0 saturated heterocycles. The van der Waals surface area contributed by atoms with Crippen LogP contribution in [0, 0.1) is 5.41 Å². The van der Waals surface area contributed by atoms with Crippen LogP contribution in [0.15, 0.2) is 18.2 Å². The molecule has 1 aromatic carbocycles. The molecule has 1 saturated carbocycles. The molecule has 0 spiro atoms. The van der Waals surface area contributed by atoms with Gasteiger partial charge in [-0.3, -0.25) is 4.79 Å². The second-order valence-electron chi connectivity index (χ2n) is 6.40. The summed E-state index contributed by atoms with van der Waals surface area (Å²) in [5.41, 5.74) is 5.57. The quantitative estimate of drug-likeness (QED) is 0.839. The number of carbonyl (C=O) groups excluding carboxylic acids is 1. The minimum absolute atomic E-state index is 0.0110. The van der Waals surface area contributed by atoms with E-state index in [-0.39, 0.29) is 12.0 Å². The Morgan fingerprint density at radius 1 is 1.26 bits per heavy atom. The molecule has 0 radical (unpaired) electrons. The summed E-state index contributed by atoms with van der Waals surface area (Å²) < 4.78 is 16.1. The van der Waals surface area contributed by atoms with Crippen LogP contribution in [0.25, 0.3) is 0 Å². The van der Waals surface area contributed by atoms with Crippen molar-refractivity contribution >= 4 is 11.6 Å². The molecule has 23 heavy (non-hydrogen) atoms. The van der Waals surface area contributed by atoms with Crippen molar-refractivity contribution in [1.29, 1.82) is 0 Å². The fourth-order valence-electron chi connectivity index (χ4n) is 2.94. The smallest absolute Gasteiger partial charge is 0.245 e. The van der Waals surface area contributed by atoms with Gasteiger partial charge in [0.15, 0.2) is 0 Å². The molecule has 0 heterocycles. The zero-order valence-corrected chi connectivity index (χ0v) is 14.4. The van der Waals surface area contributed by atoms with E-state index in [4.69, 9.17) is 19.9 Å². The number of benzene rings is 1. The zero-order valence-electron chi connectivity index (χ0n) is 14.4. The Balaban J connectivity index is 2.16. The largest absolute Gasteiger partial charge is 0.497 e. The average Bonchev–Trinajstić information content (AvgIpc) is 2.53. The van der Waals surface area contributed by atoms with Crippen molar-refractivity contribution < 1.29 is 19.0 Å². The number of anilines is 1. The minimum Gasteiger partial charge on any atom is -0.497 e. The number of nitrogens with two attached hydrogens (primary N) is 1. The molecular weight excluding hydrogens is 296 g/mol. The predicted octanol–water partition coefficient (Wildman–Crippen LogP) is 2.17. The number of carbonyl (C=O) groups is 1. The van der Waals surface area contributed by atoms with Gasteiger partial charge in [-0.05, 0) is 6.92 Å². The first-order valence-corrected chi connectivity index (χ1v) is 7.73. The third-order valence-electron chi connectivity index (χ3n) is 4.84. The van der Waals surface area contributed by atoms with Crippen LogP contribution in [0.3, 0.4) is 0 Å². The maximum Gasteiger partial charge on any atom is 0.245 e. The second kappa shape index (κ2) is 6.37. The van der Waals surface area contributed by atoms with Gasteiger partial charge in [0.2, 0.25) is 5.91 Å². The van der Waals surface area contributed by atoms with Gasteiger partial charge in [0.1, 0.15) is 17.0 Å². The van der Waals surface area contributed by atoms with E-state index in [0.717, 1.165) is 0 Å². The first-order valence-electron chi connectivity index (χ1n) is 7.73. The molecule has 3 N–H and O–H groups in total. The Labute approximate surface area is 137 Å². The van der Waals surface area contributed by atoms with Crippen LogP contribution in [-0.2, 0) is 9.53 Å². The molecular formula is C17H26N2O4. The van der Waals surface area contributed by atoms with Gasteiger partial charge in [0.05, 0.1) is 20.3 Å². The molecule has 1 aliphatic rings. The van der Waals surface area contributed by atoms with E-state index < -0.39 is 11.0 Å². The molecule has 2 unspecified atom stereocenters. The highest BCUT2D eigenvalue weighted by Crippen LogP contribution is 2.50. The van der Waals surface area contributed by atoms with Gasteiger partial charge in [0.25, 0.3) is 0 Å². The van der Waals surface area contributed by atoms with Crippen LogP contribution in [0.4, 0.5) is 5.69 Å². The topological polar surface area (TPSA) is 82.8 Å². The lowest BCUT2D eigenvalue weighted by Gasteiger charge is -2.57. The number of nitrogens with one attached hydrogen (secondary N) is 1. The third-order valence-corrected chi connectivity index (χ3v) is 4.84. The SMILES string of the molecule is CCOC1CC(N)(C(=O)Nc2cc(OC)cc(OC)c2)C1(C)C. The summed E-state index contributed by atoms with van der Waals surface area (Å²) in [7, 11) is 3.12. The molecule has 1 aliphatic carbocycles. The Hall–Kier alpha value is -1.79. The van der Waals surface area contributed by atoms with Gasteiger partial charge < -0.3 is 25.3 Å². The van der Waals surface area contributed by atoms with Crippen molar-refractivity contribution in [3.8, 4) is 11.5 Å². The van der Waals surface area contributed by atoms with E-state index in [2.05, 4.69) is 5.32 Å². The molecule has 1 fully saturated rings. The molecule has 1 amide bonds. The van der Waals surface area contributed by atoms with Gasteiger partial charge in [0, 0.05) is 42.3 Å². The first kappa shape index (κ1) is 17.6. The van der Waals surface area contributed by atoms with E-state index >= 15 is 0 Å². The molecule has 0 aromatic heterocycles. The van der Waals surface area contributed by atoms with Crippen LogP contribution in [0.2, 0.25) is 0 Å². The van der Waals surface area contributed by atoms with Gasteiger partial charge in [-0.1, -0.05) is 13.8 Å². The fraction of sp³-hybridized carbons (Fsp3) is 0.588. The van der Waals surface area contributed by atoms with Gasteiger partial charge >= 0.3 is 0 Å². The van der Waals surface area contributed by atoms with E-state index in [1.54, 1.807) is 32.4 Å². The fourth-order valence-corrected chi connectivity index (χ4v) is 2.94. The highest BCUT2D eigenvalue weighted by molar-refractivity contribution is 6.00. The summed E-state index contributed by atoms with van der Waals surface area (Å²) in [4.78, 5) is 12.7. The lowest BCUT2D eigenvalue weighted by Crippen LogP contribution is -2.74. The minimum atomic E-state index is -0.969. The van der Waals surface area contributed by atoms with Crippen LogP contribution >= 0.6 is 0 Å². The molecule has 0 bridgehead atoms. The Bertz CT molecular complexity index is 566. The van der Waals surface area contributed by atoms with Crippen LogP contribution in [0.1, 0.15) is 27.2 Å². The Kier molecular flexibility index (Phi) is 4.87. The molecule has 6 heteroatoms. The summed E-state index contributed by atoms with van der Waals surface area (Å²) in [6.07, 6.45) is 0.490. The molecule has 2 atom stereocenters. The number of hydrogen-bond donors (Lipinski definition) is 2. The molecule has 1 aromatic rings. The van der Waals surface area contributed by atoms with Gasteiger partial charge in [-0.25, -0.2) is 0 Å². The third kappa shape index (κ3) is 3.01. The average molecular weight is 322 g/mol. The summed E-state index contributed by atoms with van der Waals surface area (Å²) >= 11 is 0. The molecule has 6 nitrogen and oxygen atoms in total. The lowest BCUT2D eigenvalue weighted by molar-refractivity contribution is -0.166. The van der Waals surface area contributed by atoms with Crippen molar-refractivity contribution in [2.24, 2.45) is 11.1 Å². The monoisotopic (exact) mass is 322 g/mol. The molecule has 128 valence electrons. The van der Waals surface area contributed by atoms with Crippen LogP contribution in [0.5, 0.6) is 11.5 Å². The van der Waals surface area contributed by atoms with Crippen molar-refractivity contribution in [1.82, 2.24) is 0 Å². The highest BCUT2D eigenvalue weighted by atomic mass is 16.5. The number of ether oxygens (including phenoxy) is 3. The second-order valence-corrected chi connectivity index (χ2v) is 6.40. The van der Waals surface area contributed by atoms with Gasteiger partial charge in [-0.2, -0.15) is 0 Å². The van der Waals surface area contributed by atoms with E-state index in [9.17, 15) is 4.79 Å². The summed E-state index contributed by atoms with van der Waals surface area (Å²) in [6.45, 7) is 6.47. The van der Waals surface area contributed by atoms with E-state index in [0.29, 0.717) is 30.2 Å². The normalized spacial score (nSPS) is 25.4. The van der Waals surface area contributed by atoms with Crippen molar-refractivity contribution in [2.75, 3.05) is 26.1 Å². The maximum atomic E-state index is 12.7. The Morgan fingerprint density at radius 3 is 2.26 bits per heavy atom. The first-order chi connectivity index (χ1) is 10.8. The zero-order chi connectivity index (χ0) is 17.3. The number of amides is 1. The standard InChI is InChI=1S/C17H26N2O4/c1-6-23-14-10-17(18,16(14,2)3)15(20)19-11-7-12(21-4)9-13(8-11)22-5/h7-9,14H,6,10,18H2,1-5H3,(H,19,20). The van der Waals surface area contributed by atoms with Gasteiger partial charge in [-0.15, -0.1) is 0 Å². The van der Waals surface area contributed by atoms with Crippen molar-refractivity contribution in [3.05, 3.63) is 18.2 Å². The molecule has 0 aliphatic heterocycles. The van der Waals surface area contributed by atoms with E-state index in [1.807, 2.05) is 20.8 Å². The number of methoxy groups -OCH3 is 2. The van der Waals surface area contributed by atoms with Crippen LogP contribution < -0.4 is 20.5 Å². The van der Waals surface area contributed by atoms with Crippen molar-refractivity contribution in [2.45, 2.75) is 38.8 Å². The maximum absolute atomic E-state index is 12.7. The Morgan fingerprint density at radius 2 is 1.83 bits per heavy atom. The summed E-state index contributed by atoms with van der Waals surface area (Å²) in [6, 6.07) is 5.21. The summed E-state index contributed by atoms with van der Waals surface area (Å²) in [5, 5.41) is 2.87. The summed E-state index contributed by atoms with van der Waals surface area (Å²) in [5.74, 6) is 0.977. The number of rotatable bonds is 6. The molecule has 2 rings (SSSR count). The number of hydrogen-bond acceptors (Lipinski definition) is 5. The van der Waals surface area contributed by atoms with E-state index in [1.165, 1.54) is 0 Å². The van der Waals surface area contributed by atoms with Crippen LogP contribution in [-0.4, -0.2) is 38.4 Å².